The largest absolute Gasteiger partial charge is 0.508 e. The van der Waals surface area contributed by atoms with E-state index in [4.69, 9.17) is 0 Å². The number of hydrogen-bond donors (Lipinski definition) is 2. The van der Waals surface area contributed by atoms with E-state index in [0.29, 0.717) is 10.5 Å². The van der Waals surface area contributed by atoms with Gasteiger partial charge in [0.1, 0.15) is 5.75 Å². The Hall–Kier alpha value is -0.670. The van der Waals surface area contributed by atoms with Gasteiger partial charge in [0.2, 0.25) is 0 Å². The van der Waals surface area contributed by atoms with Crippen molar-refractivity contribution in [1.29, 1.82) is 0 Å². The Morgan fingerprint density at radius 1 is 1.33 bits per heavy atom. The highest BCUT2D eigenvalue weighted by Gasteiger charge is 2.33. The average molecular weight is 265 g/mol. The fourth-order valence-electron chi connectivity index (χ4n) is 2.78. The Morgan fingerprint density at radius 2 is 2.00 bits per heavy atom. The van der Waals surface area contributed by atoms with Gasteiger partial charge in [-0.15, -0.1) is 0 Å². The van der Waals surface area contributed by atoms with E-state index in [1.807, 2.05) is 30.0 Å². The summed E-state index contributed by atoms with van der Waals surface area (Å²) in [6.07, 6.45) is 7.56. The van der Waals surface area contributed by atoms with Gasteiger partial charge in [-0.3, -0.25) is 0 Å². The number of aromatic hydroxyl groups is 1. The Morgan fingerprint density at radius 3 is 2.61 bits per heavy atom. The lowest BCUT2D eigenvalue weighted by molar-refractivity contribution is 0.441. The van der Waals surface area contributed by atoms with Crippen LogP contribution in [0.1, 0.15) is 44.2 Å². The fourth-order valence-corrected chi connectivity index (χ4v) is 3.70. The molecule has 3 heteroatoms. The standard InChI is InChI=1S/C15H23NOS/c1-12(13-7-3-4-8-14(13)17)16-11-15(18-2)9-5-6-10-15/h3-4,7-8,12,16-17H,5-6,9-11H2,1-2H3. The van der Waals surface area contributed by atoms with Gasteiger partial charge in [-0.2, -0.15) is 11.8 Å². The zero-order valence-electron chi connectivity index (χ0n) is 11.3. The molecule has 1 unspecified atom stereocenters. The molecule has 1 saturated carbocycles. The van der Waals surface area contributed by atoms with Gasteiger partial charge in [-0.25, -0.2) is 0 Å². The smallest absolute Gasteiger partial charge is 0.120 e. The molecule has 0 aliphatic heterocycles. The minimum Gasteiger partial charge on any atom is -0.508 e. The van der Waals surface area contributed by atoms with Crippen LogP contribution in [0.3, 0.4) is 0 Å². The summed E-state index contributed by atoms with van der Waals surface area (Å²) in [7, 11) is 0. The normalized spacial score (nSPS) is 19.9. The highest BCUT2D eigenvalue weighted by molar-refractivity contribution is 8.00. The van der Waals surface area contributed by atoms with Crippen LogP contribution in [0, 0.1) is 0 Å². The molecule has 2 rings (SSSR count). The van der Waals surface area contributed by atoms with E-state index in [2.05, 4.69) is 18.5 Å². The highest BCUT2D eigenvalue weighted by Crippen LogP contribution is 2.40. The molecule has 1 aliphatic rings. The van der Waals surface area contributed by atoms with Crippen LogP contribution in [-0.4, -0.2) is 22.7 Å². The van der Waals surface area contributed by atoms with Gasteiger partial charge in [0.25, 0.3) is 0 Å². The molecule has 0 radical (unpaired) electrons. The molecule has 1 aliphatic carbocycles. The summed E-state index contributed by atoms with van der Waals surface area (Å²) in [6, 6.07) is 7.80. The third kappa shape index (κ3) is 3.01. The first kappa shape index (κ1) is 13.8. The molecule has 1 fully saturated rings. The lowest BCUT2D eigenvalue weighted by Crippen LogP contribution is -2.36. The summed E-state index contributed by atoms with van der Waals surface area (Å²) in [5, 5.41) is 13.4. The Balaban J connectivity index is 1.96. The second-order valence-electron chi connectivity index (χ2n) is 5.26. The van der Waals surface area contributed by atoms with Crippen molar-refractivity contribution < 1.29 is 5.11 Å². The molecule has 2 N–H and O–H groups in total. The van der Waals surface area contributed by atoms with E-state index in [0.717, 1.165) is 12.1 Å². The van der Waals surface area contributed by atoms with Crippen LogP contribution in [0.15, 0.2) is 24.3 Å². The van der Waals surface area contributed by atoms with Gasteiger partial charge in [-0.1, -0.05) is 31.0 Å². The monoisotopic (exact) mass is 265 g/mol. The number of phenols is 1. The molecule has 2 nitrogen and oxygen atoms in total. The average Bonchev–Trinajstić information content (AvgIpc) is 2.86. The van der Waals surface area contributed by atoms with E-state index in [-0.39, 0.29) is 6.04 Å². The van der Waals surface area contributed by atoms with Crippen LogP contribution in [0.4, 0.5) is 0 Å². The summed E-state index contributed by atoms with van der Waals surface area (Å²) < 4.78 is 0.415. The predicted octanol–water partition coefficient (Wildman–Crippen LogP) is 3.72. The maximum atomic E-state index is 9.85. The predicted molar refractivity (Wildman–Crippen MR) is 79.2 cm³/mol. The van der Waals surface area contributed by atoms with Crippen molar-refractivity contribution in [3.8, 4) is 5.75 Å². The molecule has 18 heavy (non-hydrogen) atoms. The van der Waals surface area contributed by atoms with E-state index < -0.39 is 0 Å². The number of thioether (sulfide) groups is 1. The molecule has 0 bridgehead atoms. The van der Waals surface area contributed by atoms with Crippen LogP contribution in [0.2, 0.25) is 0 Å². The molecule has 0 spiro atoms. The summed E-state index contributed by atoms with van der Waals surface area (Å²) >= 11 is 2.00. The minimum absolute atomic E-state index is 0.204. The maximum absolute atomic E-state index is 9.85. The minimum atomic E-state index is 0.204. The number of rotatable bonds is 5. The van der Waals surface area contributed by atoms with Crippen molar-refractivity contribution in [3.05, 3.63) is 29.8 Å². The fraction of sp³-hybridized carbons (Fsp3) is 0.600. The van der Waals surface area contributed by atoms with Crippen molar-refractivity contribution in [2.75, 3.05) is 12.8 Å². The highest BCUT2D eigenvalue weighted by atomic mass is 32.2. The van der Waals surface area contributed by atoms with E-state index in [9.17, 15) is 5.11 Å². The molecule has 1 atom stereocenters. The van der Waals surface area contributed by atoms with Crippen LogP contribution < -0.4 is 5.32 Å². The molecular formula is C15H23NOS. The topological polar surface area (TPSA) is 32.3 Å². The van der Waals surface area contributed by atoms with Gasteiger partial charge in [0.15, 0.2) is 0 Å². The van der Waals surface area contributed by atoms with Crippen molar-refractivity contribution in [3.63, 3.8) is 0 Å². The first-order chi connectivity index (χ1) is 8.67. The first-order valence-electron chi connectivity index (χ1n) is 6.73. The molecule has 1 aromatic rings. The number of hydrogen-bond acceptors (Lipinski definition) is 3. The molecular weight excluding hydrogens is 242 g/mol. The summed E-state index contributed by atoms with van der Waals surface area (Å²) in [4.78, 5) is 0. The lowest BCUT2D eigenvalue weighted by atomic mass is 10.0. The molecule has 0 heterocycles. The summed E-state index contributed by atoms with van der Waals surface area (Å²) in [5.41, 5.74) is 0.992. The van der Waals surface area contributed by atoms with Crippen LogP contribution >= 0.6 is 11.8 Å². The van der Waals surface area contributed by atoms with Gasteiger partial charge in [-0.05, 0) is 32.1 Å². The number of para-hydroxylation sites is 1. The zero-order valence-corrected chi connectivity index (χ0v) is 12.1. The second kappa shape index (κ2) is 5.98. The van der Waals surface area contributed by atoms with Crippen LogP contribution in [0.25, 0.3) is 0 Å². The SMILES string of the molecule is CSC1(CNC(C)c2ccccc2O)CCCC1. The first-order valence-corrected chi connectivity index (χ1v) is 7.96. The Labute approximate surface area is 114 Å². The van der Waals surface area contributed by atoms with Crippen molar-refractivity contribution in [2.24, 2.45) is 0 Å². The molecule has 100 valence electrons. The van der Waals surface area contributed by atoms with Crippen LogP contribution in [0.5, 0.6) is 5.75 Å². The quantitative estimate of drug-likeness (QED) is 0.851. The summed E-state index contributed by atoms with van der Waals surface area (Å²) in [6.45, 7) is 3.15. The molecule has 0 aromatic heterocycles. The van der Waals surface area contributed by atoms with E-state index in [1.165, 1.54) is 25.7 Å². The number of nitrogens with one attached hydrogen (secondary N) is 1. The van der Waals surface area contributed by atoms with Gasteiger partial charge in [0, 0.05) is 22.9 Å². The third-order valence-corrected chi connectivity index (χ3v) is 5.50. The second-order valence-corrected chi connectivity index (χ2v) is 6.53. The van der Waals surface area contributed by atoms with Gasteiger partial charge < -0.3 is 10.4 Å². The summed E-state index contributed by atoms with van der Waals surface area (Å²) in [5.74, 6) is 0.391. The Bertz CT molecular complexity index is 388. The number of phenolic OH excluding ortho intramolecular Hbond substituents is 1. The van der Waals surface area contributed by atoms with Crippen molar-refractivity contribution >= 4 is 11.8 Å². The van der Waals surface area contributed by atoms with Crippen LogP contribution in [-0.2, 0) is 0 Å². The Kier molecular flexibility index (Phi) is 4.57. The molecule has 0 saturated heterocycles. The van der Waals surface area contributed by atoms with Crippen molar-refractivity contribution in [1.82, 2.24) is 5.32 Å². The van der Waals surface area contributed by atoms with E-state index >= 15 is 0 Å². The van der Waals surface area contributed by atoms with Gasteiger partial charge >= 0.3 is 0 Å². The lowest BCUT2D eigenvalue weighted by Gasteiger charge is -2.29. The maximum Gasteiger partial charge on any atom is 0.120 e. The zero-order chi connectivity index (χ0) is 13.0. The molecule has 0 amide bonds. The third-order valence-electron chi connectivity index (χ3n) is 4.08. The van der Waals surface area contributed by atoms with E-state index in [1.54, 1.807) is 6.07 Å². The number of benzene rings is 1. The van der Waals surface area contributed by atoms with Gasteiger partial charge in [0.05, 0.1) is 0 Å². The van der Waals surface area contributed by atoms with Crippen molar-refractivity contribution in [2.45, 2.75) is 43.4 Å². The molecule has 1 aromatic carbocycles.